The first kappa shape index (κ1) is 9.56. The van der Waals surface area contributed by atoms with E-state index in [4.69, 9.17) is 12.8 Å². The lowest BCUT2D eigenvalue weighted by Gasteiger charge is -1.83. The van der Waals surface area contributed by atoms with E-state index >= 15 is 0 Å². The van der Waals surface area contributed by atoms with Crippen LogP contribution in [0.15, 0.2) is 10.8 Å². The molecule has 10 heavy (non-hydrogen) atoms. The molecule has 0 spiro atoms. The molecule has 0 rings (SSSR count). The van der Waals surface area contributed by atoms with Crippen LogP contribution in [0.1, 0.15) is 0 Å². The van der Waals surface area contributed by atoms with Crippen molar-refractivity contribution in [3.8, 4) is 24.7 Å². The molecule has 0 heterocycles. The smallest absolute Gasteiger partial charge is 0.0586 e. The van der Waals surface area contributed by atoms with Gasteiger partial charge in [0.2, 0.25) is 0 Å². The minimum atomic E-state index is 0.729. The summed E-state index contributed by atoms with van der Waals surface area (Å²) < 4.78 is 0. The van der Waals surface area contributed by atoms with Crippen LogP contribution in [0.5, 0.6) is 0 Å². The fourth-order valence-electron chi connectivity index (χ4n) is 0.271. The SMILES string of the molecule is C#CCSC=CSCC#C. The fraction of sp³-hybridized carbons (Fsp3) is 0.250. The largest absolute Gasteiger partial charge is 0.120 e. The summed E-state index contributed by atoms with van der Waals surface area (Å²) in [6.07, 6.45) is 10.1. The van der Waals surface area contributed by atoms with Crippen molar-refractivity contribution in [3.05, 3.63) is 10.8 Å². The standard InChI is InChI=1S/C8H8S2/c1-3-5-9-7-8-10-6-4-2/h1-2,7-8H,5-6H2. The Bertz CT molecular complexity index is 149. The second kappa shape index (κ2) is 8.56. The first-order valence-electron chi connectivity index (χ1n) is 2.67. The Morgan fingerprint density at radius 3 is 1.70 bits per heavy atom. The van der Waals surface area contributed by atoms with Crippen molar-refractivity contribution in [1.82, 2.24) is 0 Å². The van der Waals surface area contributed by atoms with E-state index in [-0.39, 0.29) is 0 Å². The van der Waals surface area contributed by atoms with Crippen molar-refractivity contribution in [2.45, 2.75) is 0 Å². The number of hydrogen-bond acceptors (Lipinski definition) is 2. The van der Waals surface area contributed by atoms with Gasteiger partial charge in [0.25, 0.3) is 0 Å². The third-order valence-electron chi connectivity index (χ3n) is 0.581. The summed E-state index contributed by atoms with van der Waals surface area (Å²) in [6, 6.07) is 0. The maximum atomic E-state index is 5.03. The molecule has 0 nitrogen and oxygen atoms in total. The zero-order valence-electron chi connectivity index (χ0n) is 5.54. The van der Waals surface area contributed by atoms with Crippen molar-refractivity contribution >= 4 is 23.5 Å². The molecule has 0 aliphatic carbocycles. The summed E-state index contributed by atoms with van der Waals surface area (Å²) in [4.78, 5) is 0. The van der Waals surface area contributed by atoms with E-state index in [1.54, 1.807) is 23.5 Å². The van der Waals surface area contributed by atoms with Crippen LogP contribution in [0.4, 0.5) is 0 Å². The number of hydrogen-bond donors (Lipinski definition) is 0. The molecule has 0 aromatic heterocycles. The van der Waals surface area contributed by atoms with Gasteiger partial charge in [-0.05, 0) is 10.8 Å². The van der Waals surface area contributed by atoms with Crippen LogP contribution in [-0.2, 0) is 0 Å². The van der Waals surface area contributed by atoms with E-state index < -0.39 is 0 Å². The minimum Gasteiger partial charge on any atom is -0.120 e. The Kier molecular flexibility index (Phi) is 8.18. The monoisotopic (exact) mass is 168 g/mol. The van der Waals surface area contributed by atoms with E-state index in [2.05, 4.69) is 11.8 Å². The number of rotatable bonds is 4. The van der Waals surface area contributed by atoms with Gasteiger partial charge < -0.3 is 0 Å². The molecule has 0 radical (unpaired) electrons. The van der Waals surface area contributed by atoms with E-state index in [0.29, 0.717) is 0 Å². The van der Waals surface area contributed by atoms with Crippen LogP contribution in [0.3, 0.4) is 0 Å². The van der Waals surface area contributed by atoms with Gasteiger partial charge in [-0.2, -0.15) is 0 Å². The molecular formula is C8H8S2. The molecule has 52 valence electrons. The highest BCUT2D eigenvalue weighted by Crippen LogP contribution is 2.06. The lowest BCUT2D eigenvalue weighted by molar-refractivity contribution is 1.96. The van der Waals surface area contributed by atoms with Gasteiger partial charge in [-0.15, -0.1) is 36.4 Å². The van der Waals surface area contributed by atoms with Gasteiger partial charge in [0.1, 0.15) is 0 Å². The Morgan fingerprint density at radius 1 is 1.00 bits per heavy atom. The highest BCUT2D eigenvalue weighted by atomic mass is 32.2. The zero-order chi connectivity index (χ0) is 7.66. The highest BCUT2D eigenvalue weighted by Gasteiger charge is 1.75. The van der Waals surface area contributed by atoms with Crippen molar-refractivity contribution in [3.63, 3.8) is 0 Å². The van der Waals surface area contributed by atoms with Crippen molar-refractivity contribution in [2.24, 2.45) is 0 Å². The first-order chi connectivity index (χ1) is 4.91. The topological polar surface area (TPSA) is 0 Å². The summed E-state index contributed by atoms with van der Waals surface area (Å²) in [6.45, 7) is 0. The van der Waals surface area contributed by atoms with Crippen LogP contribution in [0.2, 0.25) is 0 Å². The predicted molar refractivity (Wildman–Crippen MR) is 51.7 cm³/mol. The molecule has 0 atom stereocenters. The van der Waals surface area contributed by atoms with E-state index in [1.165, 1.54) is 0 Å². The summed E-state index contributed by atoms with van der Waals surface area (Å²) in [5.74, 6) is 6.50. The van der Waals surface area contributed by atoms with E-state index in [0.717, 1.165) is 11.5 Å². The van der Waals surface area contributed by atoms with Crippen molar-refractivity contribution in [1.29, 1.82) is 0 Å². The van der Waals surface area contributed by atoms with Gasteiger partial charge >= 0.3 is 0 Å². The molecular weight excluding hydrogens is 160 g/mol. The number of terminal acetylenes is 2. The maximum Gasteiger partial charge on any atom is 0.0586 e. The van der Waals surface area contributed by atoms with Crippen LogP contribution in [0.25, 0.3) is 0 Å². The Labute approximate surface area is 70.8 Å². The molecule has 0 aliphatic heterocycles. The molecule has 0 bridgehead atoms. The highest BCUT2D eigenvalue weighted by molar-refractivity contribution is 8.05. The Balaban J connectivity index is 3.08. The summed E-state index contributed by atoms with van der Waals surface area (Å²) in [7, 11) is 0. The second-order valence-electron chi connectivity index (χ2n) is 1.30. The molecule has 0 saturated carbocycles. The van der Waals surface area contributed by atoms with Crippen LogP contribution >= 0.6 is 23.5 Å². The quantitative estimate of drug-likeness (QED) is 0.466. The normalized spacial score (nSPS) is 9.00. The molecule has 2 heteroatoms. The van der Waals surface area contributed by atoms with Crippen LogP contribution in [0, 0.1) is 24.7 Å². The Morgan fingerprint density at radius 2 is 1.40 bits per heavy atom. The molecule has 0 N–H and O–H groups in total. The average Bonchev–Trinajstić information content (AvgIpc) is 1.97. The molecule has 0 aromatic carbocycles. The van der Waals surface area contributed by atoms with E-state index in [1.807, 2.05) is 10.8 Å². The van der Waals surface area contributed by atoms with Crippen LogP contribution in [-0.4, -0.2) is 11.5 Å². The molecule has 0 aliphatic rings. The number of thioether (sulfide) groups is 2. The Hall–Kier alpha value is -0.440. The lowest BCUT2D eigenvalue weighted by Crippen LogP contribution is -1.63. The van der Waals surface area contributed by atoms with Gasteiger partial charge in [-0.25, -0.2) is 0 Å². The van der Waals surface area contributed by atoms with E-state index in [9.17, 15) is 0 Å². The minimum absolute atomic E-state index is 0.729. The third-order valence-corrected chi connectivity index (χ3v) is 2.08. The average molecular weight is 168 g/mol. The molecule has 0 unspecified atom stereocenters. The van der Waals surface area contributed by atoms with Gasteiger partial charge in [-0.3, -0.25) is 0 Å². The third kappa shape index (κ3) is 7.56. The molecule has 0 amide bonds. The zero-order valence-corrected chi connectivity index (χ0v) is 7.17. The predicted octanol–water partition coefficient (Wildman–Crippen LogP) is 2.19. The summed E-state index contributed by atoms with van der Waals surface area (Å²) in [5, 5.41) is 3.92. The van der Waals surface area contributed by atoms with Gasteiger partial charge in [0, 0.05) is 0 Å². The van der Waals surface area contributed by atoms with Gasteiger partial charge in [0.05, 0.1) is 11.5 Å². The molecule has 0 saturated heterocycles. The van der Waals surface area contributed by atoms with Crippen LogP contribution < -0.4 is 0 Å². The summed E-state index contributed by atoms with van der Waals surface area (Å²) >= 11 is 3.20. The molecule has 0 fully saturated rings. The first-order valence-corrected chi connectivity index (χ1v) is 4.76. The molecule has 0 aromatic rings. The van der Waals surface area contributed by atoms with Gasteiger partial charge in [-0.1, -0.05) is 11.8 Å². The summed E-state index contributed by atoms with van der Waals surface area (Å²) in [5.41, 5.74) is 0. The van der Waals surface area contributed by atoms with Gasteiger partial charge in [0.15, 0.2) is 0 Å². The maximum absolute atomic E-state index is 5.03. The van der Waals surface area contributed by atoms with Crippen molar-refractivity contribution in [2.75, 3.05) is 11.5 Å². The fourth-order valence-corrected chi connectivity index (χ4v) is 1.28. The van der Waals surface area contributed by atoms with Crippen molar-refractivity contribution < 1.29 is 0 Å². The second-order valence-corrected chi connectivity index (χ2v) is 3.09. The lowest BCUT2D eigenvalue weighted by atomic mass is 10.8.